The molecule has 5 rings (SSSR count). The molecule has 0 aliphatic carbocycles. The quantitative estimate of drug-likeness (QED) is 0.242. The summed E-state index contributed by atoms with van der Waals surface area (Å²) in [5.74, 6) is 2.85. The van der Waals surface area contributed by atoms with Crippen molar-refractivity contribution >= 4 is 10.9 Å². The molecule has 0 bridgehead atoms. The van der Waals surface area contributed by atoms with E-state index in [1.54, 1.807) is 25.2 Å². The van der Waals surface area contributed by atoms with Crippen molar-refractivity contribution in [3.63, 3.8) is 0 Å². The van der Waals surface area contributed by atoms with E-state index in [0.717, 1.165) is 46.5 Å². The van der Waals surface area contributed by atoms with Crippen molar-refractivity contribution in [1.82, 2.24) is 30.1 Å². The van der Waals surface area contributed by atoms with Crippen LogP contribution in [-0.2, 0) is 19.5 Å². The number of pyridine rings is 1. The van der Waals surface area contributed by atoms with Crippen molar-refractivity contribution in [2.75, 3.05) is 20.8 Å². The fraction of sp³-hybridized carbons (Fsp3) is 0.333. The average Bonchev–Trinajstić information content (AvgIpc) is 3.65. The predicted octanol–water partition coefficient (Wildman–Crippen LogP) is 4.68. The van der Waals surface area contributed by atoms with E-state index in [-0.39, 0.29) is 11.6 Å². The van der Waals surface area contributed by atoms with E-state index < -0.39 is 0 Å². The highest BCUT2D eigenvalue weighted by Crippen LogP contribution is 2.29. The largest absolute Gasteiger partial charge is 0.493 e. The molecule has 0 unspecified atom stereocenters. The van der Waals surface area contributed by atoms with Crippen LogP contribution in [0.1, 0.15) is 47.7 Å². The summed E-state index contributed by atoms with van der Waals surface area (Å²) in [6.45, 7) is 5.62. The monoisotopic (exact) mass is 542 g/mol. The SMILES string of the molecule is CC[C@@H](c1nnnn1Cc1ccco1)N(CCc1ccc(OC)c(OC)c1)Cc1cc2cccc(C)c2[nH]c1=O. The van der Waals surface area contributed by atoms with Crippen molar-refractivity contribution < 1.29 is 13.9 Å². The van der Waals surface area contributed by atoms with Crippen molar-refractivity contribution in [3.05, 3.63) is 99.5 Å². The molecule has 10 nitrogen and oxygen atoms in total. The second-order valence-electron chi connectivity index (χ2n) is 9.77. The second-order valence-corrected chi connectivity index (χ2v) is 9.77. The molecule has 0 aliphatic rings. The first-order valence-electron chi connectivity index (χ1n) is 13.4. The van der Waals surface area contributed by atoms with Gasteiger partial charge in [0.1, 0.15) is 12.3 Å². The molecule has 0 radical (unpaired) electrons. The highest BCUT2D eigenvalue weighted by atomic mass is 16.5. The number of furan rings is 1. The Labute approximate surface area is 232 Å². The topological polar surface area (TPSA) is 111 Å². The van der Waals surface area contributed by atoms with Crippen LogP contribution >= 0.6 is 0 Å². The summed E-state index contributed by atoms with van der Waals surface area (Å²) >= 11 is 0. The van der Waals surface area contributed by atoms with Crippen LogP contribution in [0.25, 0.3) is 10.9 Å². The molecule has 0 aliphatic heterocycles. The zero-order valence-corrected chi connectivity index (χ0v) is 23.3. The number of hydrogen-bond acceptors (Lipinski definition) is 8. The minimum absolute atomic E-state index is 0.0945. The van der Waals surface area contributed by atoms with Crippen molar-refractivity contribution in [2.24, 2.45) is 0 Å². The Bertz CT molecular complexity index is 1630. The van der Waals surface area contributed by atoms with Gasteiger partial charge in [0, 0.05) is 18.7 Å². The highest BCUT2D eigenvalue weighted by molar-refractivity contribution is 5.81. The zero-order chi connectivity index (χ0) is 28.1. The number of H-pyrrole nitrogens is 1. The molecule has 10 heteroatoms. The number of aromatic amines is 1. The highest BCUT2D eigenvalue weighted by Gasteiger charge is 2.26. The summed E-state index contributed by atoms with van der Waals surface area (Å²) < 4.78 is 18.2. The van der Waals surface area contributed by atoms with Gasteiger partial charge in [-0.25, -0.2) is 4.68 Å². The lowest BCUT2D eigenvalue weighted by Crippen LogP contribution is -2.34. The smallest absolute Gasteiger partial charge is 0.252 e. The molecule has 2 aromatic carbocycles. The van der Waals surface area contributed by atoms with E-state index in [9.17, 15) is 4.79 Å². The second kappa shape index (κ2) is 12.2. The molecule has 40 heavy (non-hydrogen) atoms. The number of tetrazole rings is 1. The van der Waals surface area contributed by atoms with E-state index in [0.29, 0.717) is 36.7 Å². The third-order valence-corrected chi connectivity index (χ3v) is 7.24. The number of ether oxygens (including phenoxy) is 2. The predicted molar refractivity (Wildman–Crippen MR) is 152 cm³/mol. The summed E-state index contributed by atoms with van der Waals surface area (Å²) in [4.78, 5) is 18.6. The van der Waals surface area contributed by atoms with Crippen LogP contribution in [0, 0.1) is 6.92 Å². The van der Waals surface area contributed by atoms with Gasteiger partial charge >= 0.3 is 0 Å². The lowest BCUT2D eigenvalue weighted by molar-refractivity contribution is 0.171. The number of fused-ring (bicyclic) bond motifs is 1. The van der Waals surface area contributed by atoms with Gasteiger partial charge in [-0.15, -0.1) is 5.10 Å². The van der Waals surface area contributed by atoms with Gasteiger partial charge in [0.15, 0.2) is 17.3 Å². The molecule has 0 amide bonds. The lowest BCUT2D eigenvalue weighted by Gasteiger charge is -2.30. The Kier molecular flexibility index (Phi) is 8.26. The van der Waals surface area contributed by atoms with E-state index in [1.807, 2.05) is 61.5 Å². The summed E-state index contributed by atoms with van der Waals surface area (Å²) in [6, 6.07) is 17.6. The van der Waals surface area contributed by atoms with Crippen molar-refractivity contribution in [1.29, 1.82) is 0 Å². The number of aryl methyl sites for hydroxylation is 1. The summed E-state index contributed by atoms with van der Waals surface area (Å²) in [5, 5.41) is 13.7. The molecule has 0 spiro atoms. The van der Waals surface area contributed by atoms with E-state index in [4.69, 9.17) is 13.9 Å². The Morgan fingerprint density at radius 2 is 1.93 bits per heavy atom. The van der Waals surface area contributed by atoms with Gasteiger partial charge in [0.05, 0.1) is 32.0 Å². The van der Waals surface area contributed by atoms with Crippen LogP contribution in [0.4, 0.5) is 0 Å². The van der Waals surface area contributed by atoms with Crippen LogP contribution in [0.2, 0.25) is 0 Å². The maximum Gasteiger partial charge on any atom is 0.252 e. The number of nitrogens with one attached hydrogen (secondary N) is 1. The summed E-state index contributed by atoms with van der Waals surface area (Å²) in [7, 11) is 3.26. The average molecular weight is 543 g/mol. The first-order valence-corrected chi connectivity index (χ1v) is 13.4. The van der Waals surface area contributed by atoms with Gasteiger partial charge in [-0.3, -0.25) is 9.69 Å². The molecule has 208 valence electrons. The number of para-hydroxylation sites is 1. The van der Waals surface area contributed by atoms with Crippen LogP contribution in [0.15, 0.2) is 70.1 Å². The van der Waals surface area contributed by atoms with Crippen molar-refractivity contribution in [2.45, 2.75) is 45.8 Å². The van der Waals surface area contributed by atoms with Gasteiger partial charge in [-0.05, 0) is 77.0 Å². The first kappa shape index (κ1) is 27.1. The molecule has 1 atom stereocenters. The third-order valence-electron chi connectivity index (χ3n) is 7.24. The Hall–Kier alpha value is -4.44. The zero-order valence-electron chi connectivity index (χ0n) is 23.3. The Morgan fingerprint density at radius 3 is 2.67 bits per heavy atom. The maximum absolute atomic E-state index is 13.3. The number of aromatic nitrogens is 5. The number of methoxy groups -OCH3 is 2. The first-order chi connectivity index (χ1) is 19.5. The number of rotatable bonds is 12. The molecule has 0 saturated carbocycles. The summed E-state index contributed by atoms with van der Waals surface area (Å²) in [6.07, 6.45) is 3.11. The number of hydrogen-bond donors (Lipinski definition) is 1. The van der Waals surface area contributed by atoms with Gasteiger partial charge in [-0.2, -0.15) is 0 Å². The van der Waals surface area contributed by atoms with Gasteiger partial charge in [0.2, 0.25) is 0 Å². The molecule has 1 N–H and O–H groups in total. The number of benzene rings is 2. The molecule has 3 aromatic heterocycles. The Morgan fingerprint density at radius 1 is 1.07 bits per heavy atom. The molecule has 0 fully saturated rings. The molecule has 3 heterocycles. The molecular weight excluding hydrogens is 508 g/mol. The van der Waals surface area contributed by atoms with Crippen LogP contribution in [0.5, 0.6) is 11.5 Å². The van der Waals surface area contributed by atoms with Crippen LogP contribution in [0.3, 0.4) is 0 Å². The van der Waals surface area contributed by atoms with Gasteiger partial charge < -0.3 is 18.9 Å². The Balaban J connectivity index is 1.49. The van der Waals surface area contributed by atoms with E-state index in [1.165, 1.54) is 0 Å². The minimum atomic E-state index is -0.141. The fourth-order valence-corrected chi connectivity index (χ4v) is 5.14. The molecule has 5 aromatic rings. The van der Waals surface area contributed by atoms with E-state index in [2.05, 4.69) is 32.3 Å². The van der Waals surface area contributed by atoms with E-state index >= 15 is 0 Å². The van der Waals surface area contributed by atoms with Gasteiger partial charge in [0.25, 0.3) is 5.56 Å². The van der Waals surface area contributed by atoms with Crippen LogP contribution in [-0.4, -0.2) is 50.9 Å². The molecular formula is C30H34N6O4. The summed E-state index contributed by atoms with van der Waals surface area (Å²) in [5.41, 5.74) is 3.59. The third kappa shape index (κ3) is 5.76. The molecule has 0 saturated heterocycles. The minimum Gasteiger partial charge on any atom is -0.493 e. The fourth-order valence-electron chi connectivity index (χ4n) is 5.14. The lowest BCUT2D eigenvalue weighted by atomic mass is 10.1. The standard InChI is InChI=1S/C30H34N6O4/c1-5-25(29-32-33-34-36(29)19-24-10-7-15-40-24)35(14-13-21-11-12-26(38-3)27(16-21)39-4)18-23-17-22-9-6-8-20(2)28(22)31-30(23)37/h6-12,15-17,25H,5,13-14,18-19H2,1-4H3,(H,31,37)/t25-/m0/s1. The van der Waals surface area contributed by atoms with Crippen molar-refractivity contribution in [3.8, 4) is 11.5 Å². The normalized spacial score (nSPS) is 12.2. The van der Waals surface area contributed by atoms with Crippen LogP contribution < -0.4 is 15.0 Å². The van der Waals surface area contributed by atoms with Gasteiger partial charge in [-0.1, -0.05) is 31.2 Å². The maximum atomic E-state index is 13.3. The number of nitrogens with zero attached hydrogens (tertiary/aromatic N) is 5.